The summed E-state index contributed by atoms with van der Waals surface area (Å²) in [4.78, 5) is 58.8. The van der Waals surface area contributed by atoms with Crippen LogP contribution >= 0.6 is 0 Å². The Hall–Kier alpha value is -2.77. The quantitative estimate of drug-likeness (QED) is 0.101. The molecular formula is C19H36N6O7. The smallest absolute Gasteiger partial charge is 0.326 e. The van der Waals surface area contributed by atoms with Crippen LogP contribution in [0.3, 0.4) is 0 Å². The Kier molecular flexibility index (Phi) is 15.4. The zero-order valence-corrected chi connectivity index (χ0v) is 18.2. The standard InChI is InChI=1S/C19H36N6O7/c20-9-3-1-5-12(22)17(29)25-13(7-8-16(27)28)18(30)23-11-15(26)24-14(19(31)32)6-2-4-10-21/h12-14H,1-11,20-22H2,(H,23,30)(H,24,26)(H,25,29)(H,27,28)(H,31,32). The lowest BCUT2D eigenvalue weighted by Gasteiger charge is -2.20. The predicted molar refractivity (Wildman–Crippen MR) is 115 cm³/mol. The molecule has 0 saturated heterocycles. The number of nitrogens with two attached hydrogens (primary N) is 3. The summed E-state index contributed by atoms with van der Waals surface area (Å²) in [5.41, 5.74) is 16.5. The third-order valence-electron chi connectivity index (χ3n) is 4.59. The van der Waals surface area contributed by atoms with E-state index in [1.165, 1.54) is 0 Å². The Balaban J connectivity index is 4.81. The van der Waals surface area contributed by atoms with Crippen LogP contribution in [0.15, 0.2) is 0 Å². The maximum absolute atomic E-state index is 12.4. The number of hydrogen-bond donors (Lipinski definition) is 8. The van der Waals surface area contributed by atoms with Gasteiger partial charge < -0.3 is 43.4 Å². The van der Waals surface area contributed by atoms with Crippen LogP contribution in [-0.4, -0.2) is 77.6 Å². The number of carboxylic acids is 2. The monoisotopic (exact) mass is 460 g/mol. The second-order valence-corrected chi connectivity index (χ2v) is 7.35. The number of amides is 3. The summed E-state index contributed by atoms with van der Waals surface area (Å²) < 4.78 is 0. The number of hydrogen-bond acceptors (Lipinski definition) is 8. The summed E-state index contributed by atoms with van der Waals surface area (Å²) in [7, 11) is 0. The molecule has 32 heavy (non-hydrogen) atoms. The molecule has 0 bridgehead atoms. The highest BCUT2D eigenvalue weighted by Gasteiger charge is 2.25. The molecule has 13 heteroatoms. The largest absolute Gasteiger partial charge is 0.481 e. The summed E-state index contributed by atoms with van der Waals surface area (Å²) in [6, 6.07) is -3.23. The Morgan fingerprint density at radius 3 is 1.88 bits per heavy atom. The number of carboxylic acid groups (broad SMARTS) is 2. The summed E-state index contributed by atoms with van der Waals surface area (Å²) in [6.45, 7) is 0.313. The topological polar surface area (TPSA) is 240 Å². The fourth-order valence-electron chi connectivity index (χ4n) is 2.74. The van der Waals surface area contributed by atoms with Crippen molar-refractivity contribution in [1.29, 1.82) is 0 Å². The van der Waals surface area contributed by atoms with E-state index in [0.29, 0.717) is 45.2 Å². The van der Waals surface area contributed by atoms with Crippen LogP contribution in [-0.2, 0) is 24.0 Å². The van der Waals surface area contributed by atoms with Gasteiger partial charge in [0.15, 0.2) is 0 Å². The van der Waals surface area contributed by atoms with Gasteiger partial charge in [0.05, 0.1) is 12.6 Å². The minimum atomic E-state index is -1.22. The Morgan fingerprint density at radius 2 is 1.34 bits per heavy atom. The van der Waals surface area contributed by atoms with Crippen molar-refractivity contribution >= 4 is 29.7 Å². The van der Waals surface area contributed by atoms with Gasteiger partial charge in [-0.05, 0) is 51.6 Å². The van der Waals surface area contributed by atoms with Crippen molar-refractivity contribution in [3.63, 3.8) is 0 Å². The van der Waals surface area contributed by atoms with Crippen LogP contribution < -0.4 is 33.2 Å². The molecule has 0 rings (SSSR count). The lowest BCUT2D eigenvalue weighted by atomic mass is 10.1. The van der Waals surface area contributed by atoms with Gasteiger partial charge in [-0.15, -0.1) is 0 Å². The first-order chi connectivity index (χ1) is 15.1. The molecule has 3 amide bonds. The number of aliphatic carboxylic acids is 2. The first kappa shape index (κ1) is 29.2. The molecule has 0 aliphatic rings. The first-order valence-corrected chi connectivity index (χ1v) is 10.6. The second-order valence-electron chi connectivity index (χ2n) is 7.35. The highest BCUT2D eigenvalue weighted by Crippen LogP contribution is 2.03. The van der Waals surface area contributed by atoms with Gasteiger partial charge in [0.2, 0.25) is 17.7 Å². The van der Waals surface area contributed by atoms with Crippen molar-refractivity contribution in [2.45, 2.75) is 69.5 Å². The van der Waals surface area contributed by atoms with E-state index in [2.05, 4.69) is 16.0 Å². The molecule has 0 aliphatic carbocycles. The predicted octanol–water partition coefficient (Wildman–Crippen LogP) is -2.39. The van der Waals surface area contributed by atoms with Gasteiger partial charge in [-0.3, -0.25) is 19.2 Å². The fraction of sp³-hybridized carbons (Fsp3) is 0.737. The SMILES string of the molecule is NCCCCC(N)C(=O)NC(CCC(=O)O)C(=O)NCC(=O)NC(CCCCN)C(=O)O. The lowest BCUT2D eigenvalue weighted by Crippen LogP contribution is -2.53. The molecule has 0 aromatic rings. The van der Waals surface area contributed by atoms with E-state index in [9.17, 15) is 29.1 Å². The average molecular weight is 461 g/mol. The van der Waals surface area contributed by atoms with Crippen molar-refractivity contribution < 1.29 is 34.2 Å². The maximum atomic E-state index is 12.4. The molecule has 0 fully saturated rings. The summed E-state index contributed by atoms with van der Waals surface area (Å²) >= 11 is 0. The van der Waals surface area contributed by atoms with Crippen molar-refractivity contribution in [3.8, 4) is 0 Å². The molecular weight excluding hydrogens is 424 g/mol. The van der Waals surface area contributed by atoms with Gasteiger partial charge in [-0.25, -0.2) is 4.79 Å². The summed E-state index contributed by atoms with van der Waals surface area (Å²) in [5, 5.41) is 25.1. The van der Waals surface area contributed by atoms with Crippen LogP contribution in [0, 0.1) is 0 Å². The number of carbonyl (C=O) groups is 5. The average Bonchev–Trinajstić information content (AvgIpc) is 2.73. The van der Waals surface area contributed by atoms with Crippen LogP contribution in [0.5, 0.6) is 0 Å². The lowest BCUT2D eigenvalue weighted by molar-refractivity contribution is -0.142. The fourth-order valence-corrected chi connectivity index (χ4v) is 2.74. The Labute approximate surface area is 186 Å². The second kappa shape index (κ2) is 16.9. The van der Waals surface area contributed by atoms with Crippen LogP contribution in [0.2, 0.25) is 0 Å². The summed E-state index contributed by atoms with van der Waals surface area (Å²) in [5.74, 6) is -4.51. The Bertz CT molecular complexity index is 631. The molecule has 0 spiro atoms. The van der Waals surface area contributed by atoms with E-state index < -0.39 is 60.8 Å². The minimum Gasteiger partial charge on any atom is -0.481 e. The van der Waals surface area contributed by atoms with Crippen molar-refractivity contribution in [1.82, 2.24) is 16.0 Å². The van der Waals surface area contributed by atoms with Gasteiger partial charge >= 0.3 is 11.9 Å². The zero-order chi connectivity index (χ0) is 24.5. The zero-order valence-electron chi connectivity index (χ0n) is 18.2. The molecule has 0 aliphatic heterocycles. The normalized spacial score (nSPS) is 13.5. The van der Waals surface area contributed by atoms with Crippen LogP contribution in [0.25, 0.3) is 0 Å². The van der Waals surface area contributed by atoms with Crippen molar-refractivity contribution in [2.75, 3.05) is 19.6 Å². The molecule has 13 nitrogen and oxygen atoms in total. The third kappa shape index (κ3) is 13.5. The number of rotatable bonds is 18. The van der Waals surface area contributed by atoms with E-state index >= 15 is 0 Å². The molecule has 0 radical (unpaired) electrons. The van der Waals surface area contributed by atoms with Gasteiger partial charge in [0, 0.05) is 6.42 Å². The molecule has 0 heterocycles. The first-order valence-electron chi connectivity index (χ1n) is 10.6. The van der Waals surface area contributed by atoms with Gasteiger partial charge in [-0.2, -0.15) is 0 Å². The highest BCUT2D eigenvalue weighted by molar-refractivity contribution is 5.92. The van der Waals surface area contributed by atoms with Gasteiger partial charge in [0.25, 0.3) is 0 Å². The van der Waals surface area contributed by atoms with E-state index in [0.717, 1.165) is 0 Å². The van der Waals surface area contributed by atoms with E-state index in [-0.39, 0.29) is 12.8 Å². The van der Waals surface area contributed by atoms with Gasteiger partial charge in [0.1, 0.15) is 12.1 Å². The molecule has 184 valence electrons. The third-order valence-corrected chi connectivity index (χ3v) is 4.59. The summed E-state index contributed by atoms with van der Waals surface area (Å²) in [6.07, 6.45) is 2.35. The molecule has 0 aromatic heterocycles. The van der Waals surface area contributed by atoms with E-state index in [1.54, 1.807) is 0 Å². The van der Waals surface area contributed by atoms with Crippen LogP contribution in [0.4, 0.5) is 0 Å². The molecule has 0 saturated carbocycles. The molecule has 3 atom stereocenters. The molecule has 11 N–H and O–H groups in total. The number of carbonyl (C=O) groups excluding carboxylic acids is 3. The number of unbranched alkanes of at least 4 members (excludes halogenated alkanes) is 2. The van der Waals surface area contributed by atoms with Crippen molar-refractivity contribution in [3.05, 3.63) is 0 Å². The maximum Gasteiger partial charge on any atom is 0.326 e. The van der Waals surface area contributed by atoms with Crippen molar-refractivity contribution in [2.24, 2.45) is 17.2 Å². The number of nitrogens with one attached hydrogen (secondary N) is 3. The molecule has 0 aromatic carbocycles. The van der Waals surface area contributed by atoms with Crippen LogP contribution in [0.1, 0.15) is 51.4 Å². The molecule has 3 unspecified atom stereocenters. The van der Waals surface area contributed by atoms with Gasteiger partial charge in [-0.1, -0.05) is 6.42 Å². The minimum absolute atomic E-state index is 0.186. The van der Waals surface area contributed by atoms with E-state index in [4.69, 9.17) is 22.3 Å². The highest BCUT2D eigenvalue weighted by atomic mass is 16.4. The Morgan fingerprint density at radius 1 is 0.750 bits per heavy atom. The van der Waals surface area contributed by atoms with E-state index in [1.807, 2.05) is 0 Å².